The minimum Gasteiger partial charge on any atom is -0.493 e. The minimum absolute atomic E-state index is 0.0933. The monoisotopic (exact) mass is 377 g/mol. The minimum atomic E-state index is -2.95. The van der Waals surface area contributed by atoms with Gasteiger partial charge >= 0.3 is 6.61 Å². The zero-order valence-corrected chi connectivity index (χ0v) is 15.0. The number of amides is 1. The SMILES string of the molecule is COc1cc(C(=O)N2CCN(Cc3ccccn3)CC2)ccc1OC(F)F. The number of aromatic nitrogens is 1. The van der Waals surface area contributed by atoms with Crippen LogP contribution in [0, 0.1) is 0 Å². The molecule has 0 bridgehead atoms. The molecule has 1 aromatic carbocycles. The summed E-state index contributed by atoms with van der Waals surface area (Å²) in [6.07, 6.45) is 1.77. The third-order valence-electron chi connectivity index (χ3n) is 4.40. The van der Waals surface area contributed by atoms with E-state index in [1.54, 1.807) is 11.1 Å². The molecule has 0 radical (unpaired) electrons. The van der Waals surface area contributed by atoms with Gasteiger partial charge in [0.15, 0.2) is 11.5 Å². The topological polar surface area (TPSA) is 54.9 Å². The van der Waals surface area contributed by atoms with E-state index in [0.717, 1.165) is 25.3 Å². The Morgan fingerprint density at radius 1 is 1.15 bits per heavy atom. The van der Waals surface area contributed by atoms with Gasteiger partial charge in [-0.3, -0.25) is 14.7 Å². The Hall–Kier alpha value is -2.74. The summed E-state index contributed by atoms with van der Waals surface area (Å²) in [6.45, 7) is 0.452. The molecule has 1 fully saturated rings. The second-order valence-electron chi connectivity index (χ2n) is 6.13. The summed E-state index contributed by atoms with van der Waals surface area (Å²) in [7, 11) is 1.35. The number of methoxy groups -OCH3 is 1. The molecule has 0 spiro atoms. The number of alkyl halides is 2. The van der Waals surface area contributed by atoms with Crippen LogP contribution in [-0.2, 0) is 6.54 Å². The van der Waals surface area contributed by atoms with Gasteiger partial charge in [-0.1, -0.05) is 6.07 Å². The van der Waals surface area contributed by atoms with Gasteiger partial charge in [0, 0.05) is 44.5 Å². The van der Waals surface area contributed by atoms with Crippen molar-refractivity contribution in [2.75, 3.05) is 33.3 Å². The summed E-state index contributed by atoms with van der Waals surface area (Å²) in [5.41, 5.74) is 1.38. The van der Waals surface area contributed by atoms with Gasteiger partial charge < -0.3 is 14.4 Å². The maximum Gasteiger partial charge on any atom is 0.387 e. The molecule has 1 aliphatic heterocycles. The smallest absolute Gasteiger partial charge is 0.387 e. The molecule has 2 heterocycles. The number of halogens is 2. The summed E-state index contributed by atoms with van der Waals surface area (Å²) in [6, 6.07) is 10.1. The second kappa shape index (κ2) is 8.77. The lowest BCUT2D eigenvalue weighted by atomic mass is 10.1. The van der Waals surface area contributed by atoms with E-state index >= 15 is 0 Å². The van der Waals surface area contributed by atoms with E-state index in [0.29, 0.717) is 18.7 Å². The molecule has 8 heteroatoms. The Morgan fingerprint density at radius 2 is 1.93 bits per heavy atom. The Bertz CT molecular complexity index is 766. The van der Waals surface area contributed by atoms with Crippen molar-refractivity contribution in [2.24, 2.45) is 0 Å². The highest BCUT2D eigenvalue weighted by molar-refractivity contribution is 5.95. The fraction of sp³-hybridized carbons (Fsp3) is 0.368. The molecule has 27 heavy (non-hydrogen) atoms. The fourth-order valence-corrected chi connectivity index (χ4v) is 3.01. The summed E-state index contributed by atoms with van der Waals surface area (Å²) >= 11 is 0. The molecule has 2 aromatic rings. The number of nitrogens with zero attached hydrogens (tertiary/aromatic N) is 3. The molecular formula is C19H21F2N3O3. The van der Waals surface area contributed by atoms with E-state index in [1.165, 1.54) is 25.3 Å². The molecule has 3 rings (SSSR count). The van der Waals surface area contributed by atoms with Crippen LogP contribution in [0.2, 0.25) is 0 Å². The predicted molar refractivity (Wildman–Crippen MR) is 95.0 cm³/mol. The first-order valence-electron chi connectivity index (χ1n) is 8.61. The van der Waals surface area contributed by atoms with Crippen LogP contribution in [0.1, 0.15) is 16.1 Å². The standard InChI is InChI=1S/C19H21F2N3O3/c1-26-17-12-14(5-6-16(17)27-19(20)21)18(25)24-10-8-23(9-11-24)13-15-4-2-3-7-22-15/h2-7,12,19H,8-11,13H2,1H3. The molecule has 1 aliphatic rings. The van der Waals surface area contributed by atoms with Gasteiger partial charge in [0.1, 0.15) is 0 Å². The molecule has 6 nitrogen and oxygen atoms in total. The van der Waals surface area contributed by atoms with Crippen LogP contribution in [0.15, 0.2) is 42.6 Å². The van der Waals surface area contributed by atoms with Gasteiger partial charge in [-0.05, 0) is 30.3 Å². The zero-order chi connectivity index (χ0) is 19.2. The Kier molecular flexibility index (Phi) is 6.18. The van der Waals surface area contributed by atoms with Gasteiger partial charge in [-0.25, -0.2) is 0 Å². The van der Waals surface area contributed by atoms with Crippen molar-refractivity contribution in [2.45, 2.75) is 13.2 Å². The van der Waals surface area contributed by atoms with E-state index in [4.69, 9.17) is 4.74 Å². The van der Waals surface area contributed by atoms with Crippen molar-refractivity contribution in [3.05, 3.63) is 53.9 Å². The van der Waals surface area contributed by atoms with Crippen molar-refractivity contribution in [1.82, 2.24) is 14.8 Å². The Labute approximate surface area is 156 Å². The average Bonchev–Trinajstić information content (AvgIpc) is 2.69. The maximum absolute atomic E-state index is 12.7. The van der Waals surface area contributed by atoms with Crippen LogP contribution >= 0.6 is 0 Å². The molecule has 144 valence electrons. The summed E-state index contributed by atoms with van der Waals surface area (Å²) in [5.74, 6) is -0.145. The third-order valence-corrected chi connectivity index (χ3v) is 4.40. The Morgan fingerprint density at radius 3 is 2.56 bits per heavy atom. The predicted octanol–water partition coefficient (Wildman–Crippen LogP) is 2.65. The highest BCUT2D eigenvalue weighted by Crippen LogP contribution is 2.30. The summed E-state index contributed by atoms with van der Waals surface area (Å²) in [4.78, 5) is 21.0. The third kappa shape index (κ3) is 4.91. The number of piperazine rings is 1. The number of hydrogen-bond donors (Lipinski definition) is 0. The number of benzene rings is 1. The van der Waals surface area contributed by atoms with Gasteiger partial charge in [-0.2, -0.15) is 8.78 Å². The first-order valence-corrected chi connectivity index (χ1v) is 8.61. The van der Waals surface area contributed by atoms with Crippen LogP contribution < -0.4 is 9.47 Å². The number of hydrogen-bond acceptors (Lipinski definition) is 5. The van der Waals surface area contributed by atoms with Crippen LogP contribution in [0.25, 0.3) is 0 Å². The number of rotatable bonds is 6. The van der Waals surface area contributed by atoms with Crippen LogP contribution in [-0.4, -0.2) is 60.6 Å². The molecule has 0 atom stereocenters. The van der Waals surface area contributed by atoms with E-state index in [1.807, 2.05) is 18.2 Å². The lowest BCUT2D eigenvalue weighted by molar-refractivity contribution is -0.0512. The van der Waals surface area contributed by atoms with Crippen LogP contribution in [0.5, 0.6) is 11.5 Å². The van der Waals surface area contributed by atoms with Crippen molar-refractivity contribution in [1.29, 1.82) is 0 Å². The summed E-state index contributed by atoms with van der Waals surface area (Å²) in [5, 5.41) is 0. The van der Waals surface area contributed by atoms with Crippen molar-refractivity contribution in [3.63, 3.8) is 0 Å². The van der Waals surface area contributed by atoms with Gasteiger partial charge in [0.25, 0.3) is 5.91 Å². The van der Waals surface area contributed by atoms with E-state index in [-0.39, 0.29) is 17.4 Å². The first kappa shape index (κ1) is 19.0. The average molecular weight is 377 g/mol. The molecule has 0 unspecified atom stereocenters. The quantitative estimate of drug-likeness (QED) is 0.775. The van der Waals surface area contributed by atoms with Crippen molar-refractivity contribution < 1.29 is 23.0 Å². The maximum atomic E-state index is 12.7. The highest BCUT2D eigenvalue weighted by atomic mass is 19.3. The molecular weight excluding hydrogens is 356 g/mol. The molecule has 1 aromatic heterocycles. The number of pyridine rings is 1. The normalized spacial score (nSPS) is 15.0. The summed E-state index contributed by atoms with van der Waals surface area (Å²) < 4.78 is 34.3. The molecule has 0 N–H and O–H groups in total. The number of carbonyl (C=O) groups excluding carboxylic acids is 1. The largest absolute Gasteiger partial charge is 0.493 e. The highest BCUT2D eigenvalue weighted by Gasteiger charge is 2.23. The van der Waals surface area contributed by atoms with Gasteiger partial charge in [-0.15, -0.1) is 0 Å². The van der Waals surface area contributed by atoms with Crippen LogP contribution in [0.4, 0.5) is 8.78 Å². The molecule has 1 saturated heterocycles. The molecule has 0 saturated carbocycles. The first-order chi connectivity index (χ1) is 13.1. The second-order valence-corrected chi connectivity index (χ2v) is 6.13. The van der Waals surface area contributed by atoms with Gasteiger partial charge in [0.2, 0.25) is 0 Å². The van der Waals surface area contributed by atoms with E-state index in [2.05, 4.69) is 14.6 Å². The number of carbonyl (C=O) groups is 1. The van der Waals surface area contributed by atoms with Crippen molar-refractivity contribution >= 4 is 5.91 Å². The number of ether oxygens (including phenoxy) is 2. The lowest BCUT2D eigenvalue weighted by Gasteiger charge is -2.34. The molecule has 0 aliphatic carbocycles. The van der Waals surface area contributed by atoms with Crippen LogP contribution in [0.3, 0.4) is 0 Å². The zero-order valence-electron chi connectivity index (χ0n) is 15.0. The Balaban J connectivity index is 1.60. The lowest BCUT2D eigenvalue weighted by Crippen LogP contribution is -2.48. The molecule has 1 amide bonds. The van der Waals surface area contributed by atoms with Gasteiger partial charge in [0.05, 0.1) is 12.8 Å². The fourth-order valence-electron chi connectivity index (χ4n) is 3.01. The van der Waals surface area contributed by atoms with Crippen molar-refractivity contribution in [3.8, 4) is 11.5 Å². The van der Waals surface area contributed by atoms with E-state index < -0.39 is 6.61 Å². The van der Waals surface area contributed by atoms with E-state index in [9.17, 15) is 13.6 Å².